The van der Waals surface area contributed by atoms with Crippen LogP contribution in [0.4, 0.5) is 0 Å². The number of benzene rings is 1. The van der Waals surface area contributed by atoms with Crippen molar-refractivity contribution in [3.63, 3.8) is 0 Å². The first-order valence-corrected chi connectivity index (χ1v) is 10.1. The maximum absolute atomic E-state index is 13.1. The summed E-state index contributed by atoms with van der Waals surface area (Å²) in [6, 6.07) is 9.95. The number of amides is 1. The van der Waals surface area contributed by atoms with E-state index in [1.807, 2.05) is 36.0 Å². The molecule has 28 heavy (non-hydrogen) atoms. The topological polar surface area (TPSA) is 68.2 Å². The van der Waals surface area contributed by atoms with Gasteiger partial charge in [-0.05, 0) is 62.0 Å². The van der Waals surface area contributed by atoms with Gasteiger partial charge in [0.2, 0.25) is 5.91 Å². The van der Waals surface area contributed by atoms with E-state index in [9.17, 15) is 4.79 Å². The lowest BCUT2D eigenvalue weighted by atomic mass is 9.87. The van der Waals surface area contributed by atoms with Gasteiger partial charge in [-0.1, -0.05) is 32.9 Å². The Balaban J connectivity index is 1.59. The number of aromatic nitrogens is 2. The average molecular weight is 385 g/mol. The van der Waals surface area contributed by atoms with Crippen LogP contribution in [-0.4, -0.2) is 41.4 Å². The van der Waals surface area contributed by atoms with E-state index in [0.29, 0.717) is 6.61 Å². The van der Waals surface area contributed by atoms with E-state index in [1.165, 1.54) is 5.56 Å². The van der Waals surface area contributed by atoms with Crippen LogP contribution in [0.15, 0.2) is 42.7 Å². The minimum absolute atomic E-state index is 0.0110. The molecular formula is C22H32N4O2. The number of piperidine rings is 1. The van der Waals surface area contributed by atoms with Gasteiger partial charge in [0.25, 0.3) is 0 Å². The number of nitrogens with zero attached hydrogens (tertiary/aromatic N) is 2. The molecule has 1 aliphatic rings. The summed E-state index contributed by atoms with van der Waals surface area (Å²) in [6.07, 6.45) is 5.05. The Labute approximate surface area is 167 Å². The summed E-state index contributed by atoms with van der Waals surface area (Å²) in [6.45, 7) is 10.6. The quantitative estimate of drug-likeness (QED) is 0.804. The average Bonchev–Trinajstić information content (AvgIpc) is 3.22. The maximum Gasteiger partial charge on any atom is 0.248 e. The standard InChI is InChI=1S/C22H32N4O2/c1-17(16-28-19-8-6-18(7-9-19)21(2,3)4)25-20(27)22(10-13-23-14-11-22)26-15-5-12-24-26/h5-9,12,15,17,23H,10-11,13-14,16H2,1-4H3,(H,25,27). The van der Waals surface area contributed by atoms with Crippen LogP contribution >= 0.6 is 0 Å². The Morgan fingerprint density at radius 1 is 1.29 bits per heavy atom. The molecule has 2 heterocycles. The highest BCUT2D eigenvalue weighted by molar-refractivity contribution is 5.84. The third-order valence-electron chi connectivity index (χ3n) is 5.39. The second-order valence-electron chi connectivity index (χ2n) is 8.69. The molecule has 0 saturated carbocycles. The van der Waals surface area contributed by atoms with Gasteiger partial charge >= 0.3 is 0 Å². The molecule has 152 valence electrons. The zero-order chi connectivity index (χ0) is 20.2. The molecule has 0 bridgehead atoms. The lowest BCUT2D eigenvalue weighted by Gasteiger charge is -2.37. The molecule has 6 nitrogen and oxygen atoms in total. The van der Waals surface area contributed by atoms with Gasteiger partial charge in [0, 0.05) is 12.4 Å². The smallest absolute Gasteiger partial charge is 0.248 e. The Hall–Kier alpha value is -2.34. The van der Waals surface area contributed by atoms with Gasteiger partial charge in [-0.25, -0.2) is 0 Å². The summed E-state index contributed by atoms with van der Waals surface area (Å²) in [5, 5.41) is 10.8. The first-order valence-electron chi connectivity index (χ1n) is 10.1. The van der Waals surface area contributed by atoms with Crippen molar-refractivity contribution in [3.05, 3.63) is 48.3 Å². The van der Waals surface area contributed by atoms with Crippen molar-refractivity contribution >= 4 is 5.91 Å². The number of ether oxygens (including phenoxy) is 1. The molecule has 1 amide bonds. The minimum atomic E-state index is -0.628. The number of hydrogen-bond donors (Lipinski definition) is 2. The van der Waals surface area contributed by atoms with Crippen LogP contribution in [0.5, 0.6) is 5.75 Å². The van der Waals surface area contributed by atoms with Crippen molar-refractivity contribution in [2.75, 3.05) is 19.7 Å². The molecule has 0 spiro atoms. The third-order valence-corrected chi connectivity index (χ3v) is 5.39. The predicted molar refractivity (Wildman–Crippen MR) is 111 cm³/mol. The minimum Gasteiger partial charge on any atom is -0.491 e. The van der Waals surface area contributed by atoms with Crippen molar-refractivity contribution < 1.29 is 9.53 Å². The normalized spacial score (nSPS) is 17.7. The Morgan fingerprint density at radius 2 is 1.96 bits per heavy atom. The molecule has 1 aromatic heterocycles. The highest BCUT2D eigenvalue weighted by atomic mass is 16.5. The zero-order valence-electron chi connectivity index (χ0n) is 17.4. The SMILES string of the molecule is CC(COc1ccc(C(C)(C)C)cc1)NC(=O)C1(n2cccn2)CCNCC1. The zero-order valence-corrected chi connectivity index (χ0v) is 17.4. The van der Waals surface area contributed by atoms with Crippen LogP contribution in [0.1, 0.15) is 46.1 Å². The molecular weight excluding hydrogens is 352 g/mol. The van der Waals surface area contributed by atoms with E-state index in [-0.39, 0.29) is 17.4 Å². The van der Waals surface area contributed by atoms with Crippen molar-refractivity contribution in [3.8, 4) is 5.75 Å². The molecule has 1 aromatic carbocycles. The van der Waals surface area contributed by atoms with Crippen molar-refractivity contribution in [1.82, 2.24) is 20.4 Å². The van der Waals surface area contributed by atoms with Gasteiger partial charge in [0.05, 0.1) is 6.04 Å². The van der Waals surface area contributed by atoms with Gasteiger partial charge < -0.3 is 15.4 Å². The number of hydrogen-bond acceptors (Lipinski definition) is 4. The summed E-state index contributed by atoms with van der Waals surface area (Å²) in [7, 11) is 0. The molecule has 1 fully saturated rings. The largest absolute Gasteiger partial charge is 0.491 e. The van der Waals surface area contributed by atoms with Gasteiger partial charge in [0.15, 0.2) is 0 Å². The van der Waals surface area contributed by atoms with Crippen molar-refractivity contribution in [1.29, 1.82) is 0 Å². The fraction of sp³-hybridized carbons (Fsp3) is 0.545. The van der Waals surface area contributed by atoms with E-state index in [0.717, 1.165) is 31.7 Å². The number of nitrogens with one attached hydrogen (secondary N) is 2. The van der Waals surface area contributed by atoms with Crippen LogP contribution in [0.3, 0.4) is 0 Å². The fourth-order valence-corrected chi connectivity index (χ4v) is 3.59. The molecule has 0 radical (unpaired) electrons. The predicted octanol–water partition coefficient (Wildman–Crippen LogP) is 2.84. The highest BCUT2D eigenvalue weighted by Gasteiger charge is 2.42. The monoisotopic (exact) mass is 384 g/mol. The van der Waals surface area contributed by atoms with E-state index in [2.05, 4.69) is 48.6 Å². The van der Waals surface area contributed by atoms with Crippen LogP contribution in [-0.2, 0) is 15.7 Å². The summed E-state index contributed by atoms with van der Waals surface area (Å²) < 4.78 is 7.71. The molecule has 2 aromatic rings. The van der Waals surface area contributed by atoms with Crippen LogP contribution in [0.2, 0.25) is 0 Å². The van der Waals surface area contributed by atoms with Crippen LogP contribution < -0.4 is 15.4 Å². The van der Waals surface area contributed by atoms with E-state index in [4.69, 9.17) is 4.74 Å². The van der Waals surface area contributed by atoms with Gasteiger partial charge in [-0.15, -0.1) is 0 Å². The first kappa shape index (κ1) is 20.4. The first-order chi connectivity index (χ1) is 13.3. The van der Waals surface area contributed by atoms with Crippen molar-refractivity contribution in [2.45, 2.75) is 57.5 Å². The third kappa shape index (κ3) is 4.55. The van der Waals surface area contributed by atoms with Gasteiger partial charge in [0.1, 0.15) is 17.9 Å². The lowest BCUT2D eigenvalue weighted by Crippen LogP contribution is -2.56. The van der Waals surface area contributed by atoms with Gasteiger partial charge in [-0.3, -0.25) is 9.48 Å². The number of carbonyl (C=O) groups excluding carboxylic acids is 1. The van der Waals surface area contributed by atoms with Crippen LogP contribution in [0.25, 0.3) is 0 Å². The molecule has 0 aliphatic carbocycles. The Kier molecular flexibility index (Phi) is 6.08. The van der Waals surface area contributed by atoms with E-state index < -0.39 is 5.54 Å². The number of carbonyl (C=O) groups is 1. The summed E-state index contributed by atoms with van der Waals surface area (Å²) in [5.41, 5.74) is 0.764. The van der Waals surface area contributed by atoms with E-state index in [1.54, 1.807) is 6.20 Å². The maximum atomic E-state index is 13.1. The Morgan fingerprint density at radius 3 is 2.54 bits per heavy atom. The molecule has 1 unspecified atom stereocenters. The molecule has 2 N–H and O–H groups in total. The summed E-state index contributed by atoms with van der Waals surface area (Å²) in [5.74, 6) is 0.828. The van der Waals surface area contributed by atoms with Gasteiger partial charge in [-0.2, -0.15) is 5.10 Å². The molecule has 3 rings (SSSR count). The highest BCUT2D eigenvalue weighted by Crippen LogP contribution is 2.27. The number of rotatable bonds is 6. The van der Waals surface area contributed by atoms with E-state index >= 15 is 0 Å². The summed E-state index contributed by atoms with van der Waals surface area (Å²) >= 11 is 0. The molecule has 1 saturated heterocycles. The molecule has 6 heteroatoms. The molecule has 1 aliphatic heterocycles. The fourth-order valence-electron chi connectivity index (χ4n) is 3.59. The van der Waals surface area contributed by atoms with Crippen LogP contribution in [0, 0.1) is 0 Å². The van der Waals surface area contributed by atoms with Crippen molar-refractivity contribution in [2.24, 2.45) is 0 Å². The lowest BCUT2D eigenvalue weighted by molar-refractivity contribution is -0.132. The molecule has 1 atom stereocenters. The second-order valence-corrected chi connectivity index (χ2v) is 8.69. The summed E-state index contributed by atoms with van der Waals surface area (Å²) in [4.78, 5) is 13.1. The second kappa shape index (κ2) is 8.35. The Bertz CT molecular complexity index is 757.